The lowest BCUT2D eigenvalue weighted by atomic mass is 9.87. The molecule has 1 atom stereocenters. The fourth-order valence-corrected chi connectivity index (χ4v) is 2.75. The summed E-state index contributed by atoms with van der Waals surface area (Å²) >= 11 is 0. The third kappa shape index (κ3) is 2.31. The van der Waals surface area contributed by atoms with Crippen molar-refractivity contribution in [2.45, 2.75) is 37.3 Å². The third-order valence-corrected chi connectivity index (χ3v) is 3.88. The number of methoxy groups -OCH3 is 2. The molecule has 1 saturated carbocycles. The first-order chi connectivity index (χ1) is 8.22. The topological polar surface area (TPSA) is 44.5 Å². The maximum absolute atomic E-state index is 6.39. The predicted octanol–water partition coefficient (Wildman–Crippen LogP) is 2.65. The Labute approximate surface area is 103 Å². The summed E-state index contributed by atoms with van der Waals surface area (Å²) in [5, 5.41) is 0. The fourth-order valence-electron chi connectivity index (χ4n) is 2.75. The van der Waals surface area contributed by atoms with E-state index < -0.39 is 0 Å². The van der Waals surface area contributed by atoms with Crippen molar-refractivity contribution in [3.8, 4) is 5.75 Å². The molecule has 0 amide bonds. The van der Waals surface area contributed by atoms with Crippen LogP contribution >= 0.6 is 0 Å². The van der Waals surface area contributed by atoms with Crippen LogP contribution in [-0.2, 0) is 4.74 Å². The van der Waals surface area contributed by atoms with Crippen molar-refractivity contribution in [3.05, 3.63) is 29.8 Å². The normalized spacial score (nSPS) is 20.2. The number of hydrogen-bond donors (Lipinski definition) is 1. The average Bonchev–Trinajstić information content (AvgIpc) is 2.88. The van der Waals surface area contributed by atoms with Gasteiger partial charge in [0.25, 0.3) is 0 Å². The van der Waals surface area contributed by atoms with Crippen molar-refractivity contribution in [1.82, 2.24) is 0 Å². The van der Waals surface area contributed by atoms with Crippen molar-refractivity contribution in [2.24, 2.45) is 5.73 Å². The maximum atomic E-state index is 6.39. The second-order valence-corrected chi connectivity index (χ2v) is 4.73. The zero-order valence-corrected chi connectivity index (χ0v) is 10.6. The minimum absolute atomic E-state index is 0.0786. The van der Waals surface area contributed by atoms with E-state index in [2.05, 4.69) is 0 Å². The molecule has 1 aliphatic rings. The van der Waals surface area contributed by atoms with E-state index in [-0.39, 0.29) is 11.6 Å². The molecule has 1 aliphatic carbocycles. The molecule has 94 valence electrons. The van der Waals surface area contributed by atoms with Gasteiger partial charge in [-0.2, -0.15) is 0 Å². The second kappa shape index (κ2) is 5.07. The first kappa shape index (κ1) is 12.4. The van der Waals surface area contributed by atoms with Crippen LogP contribution in [0.3, 0.4) is 0 Å². The molecule has 0 radical (unpaired) electrons. The van der Waals surface area contributed by atoms with Gasteiger partial charge in [0, 0.05) is 7.11 Å². The van der Waals surface area contributed by atoms with E-state index >= 15 is 0 Å². The van der Waals surface area contributed by atoms with Crippen molar-refractivity contribution in [3.63, 3.8) is 0 Å². The average molecular weight is 235 g/mol. The Morgan fingerprint density at radius 3 is 2.53 bits per heavy atom. The van der Waals surface area contributed by atoms with Crippen LogP contribution in [0.25, 0.3) is 0 Å². The Balaban J connectivity index is 2.25. The van der Waals surface area contributed by atoms with Crippen molar-refractivity contribution < 1.29 is 9.47 Å². The third-order valence-electron chi connectivity index (χ3n) is 3.88. The van der Waals surface area contributed by atoms with Gasteiger partial charge in [0.15, 0.2) is 0 Å². The smallest absolute Gasteiger partial charge is 0.119 e. The zero-order valence-electron chi connectivity index (χ0n) is 10.6. The van der Waals surface area contributed by atoms with Crippen LogP contribution in [0.4, 0.5) is 0 Å². The number of rotatable bonds is 4. The van der Waals surface area contributed by atoms with E-state index in [4.69, 9.17) is 15.2 Å². The van der Waals surface area contributed by atoms with E-state index in [1.54, 1.807) is 14.2 Å². The van der Waals surface area contributed by atoms with E-state index in [0.717, 1.165) is 24.2 Å². The highest BCUT2D eigenvalue weighted by atomic mass is 16.5. The van der Waals surface area contributed by atoms with Gasteiger partial charge >= 0.3 is 0 Å². The molecule has 1 aromatic carbocycles. The quantitative estimate of drug-likeness (QED) is 0.872. The molecule has 1 fully saturated rings. The van der Waals surface area contributed by atoms with Gasteiger partial charge in [0.2, 0.25) is 0 Å². The summed E-state index contributed by atoms with van der Waals surface area (Å²) < 4.78 is 11.0. The SMILES string of the molecule is COc1cccc(C(N)C2(OC)CCCC2)c1. The van der Waals surface area contributed by atoms with E-state index in [1.165, 1.54) is 12.8 Å². The Bertz CT molecular complexity index is 372. The molecule has 1 aromatic rings. The molecule has 0 aliphatic heterocycles. The Kier molecular flexibility index (Phi) is 3.69. The van der Waals surface area contributed by atoms with Gasteiger partial charge in [-0.25, -0.2) is 0 Å². The minimum atomic E-state index is -0.188. The van der Waals surface area contributed by atoms with E-state index in [0.29, 0.717) is 0 Å². The van der Waals surface area contributed by atoms with Crippen LogP contribution in [0.2, 0.25) is 0 Å². The number of hydrogen-bond acceptors (Lipinski definition) is 3. The first-order valence-corrected chi connectivity index (χ1v) is 6.16. The summed E-state index contributed by atoms with van der Waals surface area (Å²) in [6, 6.07) is 7.89. The molecule has 0 heterocycles. The van der Waals surface area contributed by atoms with Crippen LogP contribution < -0.4 is 10.5 Å². The monoisotopic (exact) mass is 235 g/mol. The van der Waals surface area contributed by atoms with Gasteiger partial charge in [-0.1, -0.05) is 25.0 Å². The van der Waals surface area contributed by atoms with Gasteiger partial charge in [-0.3, -0.25) is 0 Å². The molecular formula is C14H21NO2. The lowest BCUT2D eigenvalue weighted by Gasteiger charge is -2.34. The standard InChI is InChI=1S/C14H21NO2/c1-16-12-7-5-6-11(10-12)13(15)14(17-2)8-3-4-9-14/h5-7,10,13H,3-4,8-9,15H2,1-2H3. The number of benzene rings is 1. The predicted molar refractivity (Wildman–Crippen MR) is 68.1 cm³/mol. The van der Waals surface area contributed by atoms with Crippen molar-refractivity contribution in [2.75, 3.05) is 14.2 Å². The van der Waals surface area contributed by atoms with E-state index in [9.17, 15) is 0 Å². The summed E-state index contributed by atoms with van der Waals surface area (Å²) in [5.41, 5.74) is 7.29. The maximum Gasteiger partial charge on any atom is 0.119 e. The van der Waals surface area contributed by atoms with Gasteiger partial charge in [-0.05, 0) is 30.5 Å². The van der Waals surface area contributed by atoms with Crippen LogP contribution in [0.15, 0.2) is 24.3 Å². The highest BCUT2D eigenvalue weighted by molar-refractivity contribution is 5.32. The minimum Gasteiger partial charge on any atom is -0.497 e. The molecule has 17 heavy (non-hydrogen) atoms. The van der Waals surface area contributed by atoms with Gasteiger partial charge in [0.1, 0.15) is 5.75 Å². The largest absolute Gasteiger partial charge is 0.497 e. The second-order valence-electron chi connectivity index (χ2n) is 4.73. The van der Waals surface area contributed by atoms with Crippen LogP contribution in [0, 0.1) is 0 Å². The number of ether oxygens (including phenoxy) is 2. The van der Waals surface area contributed by atoms with Crippen molar-refractivity contribution >= 4 is 0 Å². The van der Waals surface area contributed by atoms with Crippen LogP contribution in [-0.4, -0.2) is 19.8 Å². The van der Waals surface area contributed by atoms with E-state index in [1.807, 2.05) is 24.3 Å². The molecule has 1 unspecified atom stereocenters. The van der Waals surface area contributed by atoms with Gasteiger partial charge in [0.05, 0.1) is 18.8 Å². The summed E-state index contributed by atoms with van der Waals surface area (Å²) in [6.45, 7) is 0. The van der Waals surface area contributed by atoms with Crippen molar-refractivity contribution in [1.29, 1.82) is 0 Å². The summed E-state index contributed by atoms with van der Waals surface area (Å²) in [7, 11) is 3.44. The van der Waals surface area contributed by atoms with Gasteiger partial charge in [-0.15, -0.1) is 0 Å². The molecule has 0 saturated heterocycles. The Morgan fingerprint density at radius 1 is 1.24 bits per heavy atom. The molecule has 2 N–H and O–H groups in total. The molecule has 3 heteroatoms. The highest BCUT2D eigenvalue weighted by Gasteiger charge is 2.40. The lowest BCUT2D eigenvalue weighted by Crippen LogP contribution is -2.40. The molecule has 0 bridgehead atoms. The molecule has 3 nitrogen and oxygen atoms in total. The highest BCUT2D eigenvalue weighted by Crippen LogP contribution is 2.41. The number of nitrogens with two attached hydrogens (primary N) is 1. The zero-order chi connectivity index (χ0) is 12.3. The molecule has 2 rings (SSSR count). The Hall–Kier alpha value is -1.06. The molecule has 0 aromatic heterocycles. The summed E-state index contributed by atoms with van der Waals surface area (Å²) in [6.07, 6.45) is 4.49. The lowest BCUT2D eigenvalue weighted by molar-refractivity contribution is -0.0264. The van der Waals surface area contributed by atoms with Crippen LogP contribution in [0.1, 0.15) is 37.3 Å². The fraction of sp³-hybridized carbons (Fsp3) is 0.571. The Morgan fingerprint density at radius 2 is 1.94 bits per heavy atom. The van der Waals surface area contributed by atoms with Gasteiger partial charge < -0.3 is 15.2 Å². The summed E-state index contributed by atoms with van der Waals surface area (Å²) in [5.74, 6) is 0.849. The molecular weight excluding hydrogens is 214 g/mol. The summed E-state index contributed by atoms with van der Waals surface area (Å²) in [4.78, 5) is 0. The van der Waals surface area contributed by atoms with Crippen LogP contribution in [0.5, 0.6) is 5.75 Å². The molecule has 0 spiro atoms. The first-order valence-electron chi connectivity index (χ1n) is 6.16.